The summed E-state index contributed by atoms with van der Waals surface area (Å²) in [6.45, 7) is 2.37. The molecule has 0 saturated carbocycles. The highest BCUT2D eigenvalue weighted by molar-refractivity contribution is 5.81. The summed E-state index contributed by atoms with van der Waals surface area (Å²) in [5.41, 5.74) is 0.947. The lowest BCUT2D eigenvalue weighted by atomic mass is 10.1. The number of benzene rings is 2. The van der Waals surface area contributed by atoms with Crippen LogP contribution in [0.15, 0.2) is 42.5 Å². The molecule has 0 fully saturated rings. The fourth-order valence-electron chi connectivity index (χ4n) is 2.70. The van der Waals surface area contributed by atoms with Crippen molar-refractivity contribution in [2.75, 3.05) is 28.4 Å². The van der Waals surface area contributed by atoms with Gasteiger partial charge in [-0.2, -0.15) is 0 Å². The van der Waals surface area contributed by atoms with E-state index in [9.17, 15) is 4.79 Å². The maximum atomic E-state index is 12.8. The van der Waals surface area contributed by atoms with E-state index >= 15 is 0 Å². The Labute approximate surface area is 160 Å². The van der Waals surface area contributed by atoms with E-state index in [-0.39, 0.29) is 5.91 Å². The molecule has 0 aromatic heterocycles. The summed E-state index contributed by atoms with van der Waals surface area (Å²) >= 11 is 0. The minimum Gasteiger partial charge on any atom is -0.497 e. The Morgan fingerprint density at radius 3 is 2.11 bits per heavy atom. The van der Waals surface area contributed by atoms with Gasteiger partial charge in [0.25, 0.3) is 5.91 Å². The maximum Gasteiger partial charge on any atom is 0.263 e. The van der Waals surface area contributed by atoms with Crippen molar-refractivity contribution in [3.63, 3.8) is 0 Å². The average molecular weight is 373 g/mol. The van der Waals surface area contributed by atoms with Crippen molar-refractivity contribution in [2.45, 2.75) is 26.0 Å². The fourth-order valence-corrected chi connectivity index (χ4v) is 2.70. The van der Waals surface area contributed by atoms with E-state index in [1.54, 1.807) is 57.5 Å². The van der Waals surface area contributed by atoms with Gasteiger partial charge in [0.2, 0.25) is 0 Å². The Hall–Kier alpha value is -2.89. The first-order valence-electron chi connectivity index (χ1n) is 8.79. The molecule has 0 saturated heterocycles. The van der Waals surface area contributed by atoms with Crippen LogP contribution in [0.3, 0.4) is 0 Å². The highest BCUT2D eigenvalue weighted by atomic mass is 16.5. The molecule has 0 aliphatic rings. The van der Waals surface area contributed by atoms with E-state index in [4.69, 9.17) is 18.9 Å². The second-order valence-electron chi connectivity index (χ2n) is 6.07. The summed E-state index contributed by atoms with van der Waals surface area (Å²) in [5, 5.41) is 0. The van der Waals surface area contributed by atoms with Crippen molar-refractivity contribution in [3.8, 4) is 23.0 Å². The predicted molar refractivity (Wildman–Crippen MR) is 104 cm³/mol. The minimum atomic E-state index is -0.552. The van der Waals surface area contributed by atoms with E-state index in [1.165, 1.54) is 0 Å². The Kier molecular flexibility index (Phi) is 7.34. The number of methoxy groups -OCH3 is 3. The first-order chi connectivity index (χ1) is 13.0. The molecule has 0 unspecified atom stereocenters. The SMILES string of the molecule is CC[C@@H](Oc1ccc(OC)cc1)C(=O)N(C)Cc1ccc(OC)c(OC)c1. The highest BCUT2D eigenvalue weighted by Crippen LogP contribution is 2.28. The van der Waals surface area contributed by atoms with Gasteiger partial charge in [-0.15, -0.1) is 0 Å². The molecule has 27 heavy (non-hydrogen) atoms. The molecule has 2 aromatic rings. The van der Waals surface area contributed by atoms with Gasteiger partial charge in [-0.3, -0.25) is 4.79 Å². The quantitative estimate of drug-likeness (QED) is 0.673. The molecule has 2 rings (SSSR count). The van der Waals surface area contributed by atoms with Crippen LogP contribution in [-0.4, -0.2) is 45.3 Å². The number of hydrogen-bond donors (Lipinski definition) is 0. The summed E-state index contributed by atoms with van der Waals surface area (Å²) in [5.74, 6) is 2.59. The van der Waals surface area contributed by atoms with Crippen molar-refractivity contribution >= 4 is 5.91 Å². The van der Waals surface area contributed by atoms with Crippen molar-refractivity contribution in [1.29, 1.82) is 0 Å². The Bertz CT molecular complexity index is 745. The van der Waals surface area contributed by atoms with E-state index in [2.05, 4.69) is 0 Å². The van der Waals surface area contributed by atoms with Crippen LogP contribution in [0.4, 0.5) is 0 Å². The third kappa shape index (κ3) is 5.29. The lowest BCUT2D eigenvalue weighted by Crippen LogP contribution is -2.39. The number of carbonyl (C=O) groups is 1. The largest absolute Gasteiger partial charge is 0.497 e. The smallest absolute Gasteiger partial charge is 0.263 e. The molecule has 0 heterocycles. The summed E-state index contributed by atoms with van der Waals surface area (Å²) < 4.78 is 21.6. The van der Waals surface area contributed by atoms with Crippen molar-refractivity contribution in [3.05, 3.63) is 48.0 Å². The molecule has 0 aliphatic heterocycles. The van der Waals surface area contributed by atoms with Crippen molar-refractivity contribution < 1.29 is 23.7 Å². The third-order valence-electron chi connectivity index (χ3n) is 4.23. The van der Waals surface area contributed by atoms with Gasteiger partial charge in [-0.1, -0.05) is 13.0 Å². The molecule has 2 aromatic carbocycles. The molecule has 0 N–H and O–H groups in total. The van der Waals surface area contributed by atoms with Crippen LogP contribution in [-0.2, 0) is 11.3 Å². The summed E-state index contributed by atoms with van der Waals surface area (Å²) in [4.78, 5) is 14.5. The fraction of sp³-hybridized carbons (Fsp3) is 0.381. The lowest BCUT2D eigenvalue weighted by Gasteiger charge is -2.24. The number of likely N-dealkylation sites (N-methyl/N-ethyl adjacent to an activating group) is 1. The monoisotopic (exact) mass is 373 g/mol. The predicted octanol–water partition coefficient (Wildman–Crippen LogP) is 3.53. The molecule has 0 radical (unpaired) electrons. The van der Waals surface area contributed by atoms with Gasteiger partial charge < -0.3 is 23.8 Å². The van der Waals surface area contributed by atoms with Gasteiger partial charge >= 0.3 is 0 Å². The number of ether oxygens (including phenoxy) is 4. The first-order valence-corrected chi connectivity index (χ1v) is 8.79. The molecular weight excluding hydrogens is 346 g/mol. The van der Waals surface area contributed by atoms with E-state index in [1.807, 2.05) is 25.1 Å². The molecular formula is C21H27NO5. The first kappa shape index (κ1) is 20.4. The molecule has 0 bridgehead atoms. The number of hydrogen-bond acceptors (Lipinski definition) is 5. The maximum absolute atomic E-state index is 12.8. The van der Waals surface area contributed by atoms with Crippen LogP contribution in [0.2, 0.25) is 0 Å². The lowest BCUT2D eigenvalue weighted by molar-refractivity contribution is -0.138. The zero-order valence-electron chi connectivity index (χ0n) is 16.5. The number of carbonyl (C=O) groups excluding carboxylic acids is 1. The van der Waals surface area contributed by atoms with E-state index < -0.39 is 6.10 Å². The van der Waals surface area contributed by atoms with E-state index in [0.717, 1.165) is 11.3 Å². The molecule has 0 spiro atoms. The zero-order valence-corrected chi connectivity index (χ0v) is 16.5. The molecule has 1 amide bonds. The highest BCUT2D eigenvalue weighted by Gasteiger charge is 2.22. The summed E-state index contributed by atoms with van der Waals surface area (Å²) in [6, 6.07) is 12.8. The molecule has 6 heteroatoms. The minimum absolute atomic E-state index is 0.0805. The molecule has 6 nitrogen and oxygen atoms in total. The van der Waals surface area contributed by atoms with Crippen LogP contribution in [0.25, 0.3) is 0 Å². The number of nitrogens with zero attached hydrogens (tertiary/aromatic N) is 1. The average Bonchev–Trinajstić information content (AvgIpc) is 2.71. The van der Waals surface area contributed by atoms with Crippen LogP contribution in [0, 0.1) is 0 Å². The van der Waals surface area contributed by atoms with Gasteiger partial charge in [0, 0.05) is 13.6 Å². The van der Waals surface area contributed by atoms with Gasteiger partial charge in [0.1, 0.15) is 11.5 Å². The summed E-state index contributed by atoms with van der Waals surface area (Å²) in [6.07, 6.45) is 0.0183. The van der Waals surface area contributed by atoms with Crippen LogP contribution in [0.1, 0.15) is 18.9 Å². The van der Waals surface area contributed by atoms with Gasteiger partial charge in [-0.25, -0.2) is 0 Å². The molecule has 0 aliphatic carbocycles. The van der Waals surface area contributed by atoms with Crippen LogP contribution in [0.5, 0.6) is 23.0 Å². The van der Waals surface area contributed by atoms with Crippen molar-refractivity contribution in [1.82, 2.24) is 4.90 Å². The van der Waals surface area contributed by atoms with Crippen LogP contribution < -0.4 is 18.9 Å². The molecule has 146 valence electrons. The number of rotatable bonds is 9. The van der Waals surface area contributed by atoms with Crippen LogP contribution >= 0.6 is 0 Å². The molecule has 1 atom stereocenters. The van der Waals surface area contributed by atoms with E-state index in [0.29, 0.717) is 30.2 Å². The Morgan fingerprint density at radius 2 is 1.56 bits per heavy atom. The van der Waals surface area contributed by atoms with Gasteiger partial charge in [-0.05, 0) is 48.4 Å². The normalized spacial score (nSPS) is 11.4. The summed E-state index contributed by atoms with van der Waals surface area (Å²) in [7, 11) is 6.55. The zero-order chi connectivity index (χ0) is 19.8. The number of amides is 1. The standard InChI is InChI=1S/C21H27NO5/c1-6-18(27-17-10-8-16(24-3)9-11-17)21(23)22(2)14-15-7-12-19(25-4)20(13-15)26-5/h7-13,18H,6,14H2,1-5H3/t18-/m1/s1. The van der Waals surface area contributed by atoms with Crippen molar-refractivity contribution in [2.24, 2.45) is 0 Å². The Morgan fingerprint density at radius 1 is 0.926 bits per heavy atom. The third-order valence-corrected chi connectivity index (χ3v) is 4.23. The topological polar surface area (TPSA) is 57.2 Å². The van der Waals surface area contributed by atoms with Gasteiger partial charge in [0.05, 0.1) is 21.3 Å². The second-order valence-corrected chi connectivity index (χ2v) is 6.07. The van der Waals surface area contributed by atoms with Gasteiger partial charge in [0.15, 0.2) is 17.6 Å². The second kappa shape index (κ2) is 9.71. The Balaban J connectivity index is 2.05.